The molecule has 0 spiro atoms. The van der Waals surface area contributed by atoms with Crippen LogP contribution in [0.4, 0.5) is 0 Å². The molecule has 23 heavy (non-hydrogen) atoms. The molecule has 0 radical (unpaired) electrons. The number of hydrogen-bond acceptors (Lipinski definition) is 3. The number of nitrogens with zero attached hydrogens (tertiary/aromatic N) is 2. The molecule has 0 saturated carbocycles. The van der Waals surface area contributed by atoms with E-state index < -0.39 is 0 Å². The van der Waals surface area contributed by atoms with Gasteiger partial charge in [0.15, 0.2) is 0 Å². The highest BCUT2D eigenvalue weighted by molar-refractivity contribution is 6.35. The highest BCUT2D eigenvalue weighted by atomic mass is 35.5. The fourth-order valence-corrected chi connectivity index (χ4v) is 2.98. The van der Waals surface area contributed by atoms with Gasteiger partial charge in [0, 0.05) is 30.0 Å². The number of benzene rings is 1. The van der Waals surface area contributed by atoms with E-state index in [0.717, 1.165) is 32.7 Å². The molecule has 0 unspecified atom stereocenters. The summed E-state index contributed by atoms with van der Waals surface area (Å²) in [7, 11) is 0. The van der Waals surface area contributed by atoms with E-state index in [2.05, 4.69) is 20.3 Å². The molecule has 0 bridgehead atoms. The van der Waals surface area contributed by atoms with Gasteiger partial charge in [-0.15, -0.1) is 0 Å². The van der Waals surface area contributed by atoms with Crippen LogP contribution in [-0.4, -0.2) is 27.4 Å². The number of nitrogens with one attached hydrogen (secondary N) is 2. The van der Waals surface area contributed by atoms with Crippen LogP contribution in [0.5, 0.6) is 0 Å². The number of carbonyl (C=O) groups is 1. The summed E-state index contributed by atoms with van der Waals surface area (Å²) in [5, 5.41) is 4.63. The molecule has 0 atom stereocenters. The van der Waals surface area contributed by atoms with Crippen LogP contribution < -0.4 is 5.32 Å². The first-order valence-electron chi connectivity index (χ1n) is 7.38. The summed E-state index contributed by atoms with van der Waals surface area (Å²) in [5.74, 6) is -0.224. The lowest BCUT2D eigenvalue weighted by atomic mass is 10.1. The smallest absolute Gasteiger partial charge is 0.271 e. The van der Waals surface area contributed by atoms with Gasteiger partial charge < -0.3 is 10.3 Å². The molecule has 5 nitrogen and oxygen atoms in total. The van der Waals surface area contributed by atoms with E-state index in [9.17, 15) is 4.79 Å². The van der Waals surface area contributed by atoms with Crippen LogP contribution in [0.3, 0.4) is 0 Å². The summed E-state index contributed by atoms with van der Waals surface area (Å²) >= 11 is 6.36. The topological polar surface area (TPSA) is 70.7 Å². The van der Waals surface area contributed by atoms with E-state index in [0.29, 0.717) is 18.7 Å². The number of carbonyl (C=O) groups excluding carboxylic acids is 1. The summed E-state index contributed by atoms with van der Waals surface area (Å²) in [5.41, 5.74) is 4.74. The first-order chi connectivity index (χ1) is 11.1. The number of aryl methyl sites for hydroxylation is 2. The zero-order valence-corrected chi connectivity index (χ0v) is 13.7. The van der Waals surface area contributed by atoms with E-state index in [1.165, 1.54) is 18.6 Å². The summed E-state index contributed by atoms with van der Waals surface area (Å²) < 4.78 is 0. The molecular formula is C17H17ClN4O. The van der Waals surface area contributed by atoms with Crippen LogP contribution in [0.25, 0.3) is 10.9 Å². The van der Waals surface area contributed by atoms with E-state index in [-0.39, 0.29) is 5.91 Å². The Morgan fingerprint density at radius 1 is 1.30 bits per heavy atom. The second-order valence-corrected chi connectivity index (χ2v) is 5.85. The average molecular weight is 329 g/mol. The summed E-state index contributed by atoms with van der Waals surface area (Å²) in [6, 6.07) is 3.91. The molecular weight excluding hydrogens is 312 g/mol. The van der Waals surface area contributed by atoms with E-state index in [1.807, 2.05) is 26.0 Å². The molecule has 2 heterocycles. The zero-order valence-electron chi connectivity index (χ0n) is 13.0. The molecule has 1 aromatic carbocycles. The van der Waals surface area contributed by atoms with Crippen molar-refractivity contribution in [2.24, 2.45) is 0 Å². The van der Waals surface area contributed by atoms with Crippen LogP contribution in [0.2, 0.25) is 5.02 Å². The summed E-state index contributed by atoms with van der Waals surface area (Å²) in [4.78, 5) is 23.3. The Labute approximate surface area is 139 Å². The van der Waals surface area contributed by atoms with Gasteiger partial charge in [-0.2, -0.15) is 0 Å². The minimum Gasteiger partial charge on any atom is -0.358 e. The van der Waals surface area contributed by atoms with Crippen LogP contribution in [-0.2, 0) is 6.42 Å². The molecule has 0 aliphatic rings. The molecule has 3 rings (SSSR count). The predicted octanol–water partition coefficient (Wildman–Crippen LogP) is 3.20. The third-order valence-electron chi connectivity index (χ3n) is 3.89. The van der Waals surface area contributed by atoms with Crippen molar-refractivity contribution >= 4 is 28.4 Å². The minimum absolute atomic E-state index is 0.224. The fourth-order valence-electron chi connectivity index (χ4n) is 2.71. The number of amides is 1. The Morgan fingerprint density at radius 2 is 2.13 bits per heavy atom. The summed E-state index contributed by atoms with van der Waals surface area (Å²) in [6.07, 6.45) is 5.19. The lowest BCUT2D eigenvalue weighted by Crippen LogP contribution is -2.26. The van der Waals surface area contributed by atoms with Gasteiger partial charge in [0.05, 0.1) is 16.7 Å². The van der Waals surface area contributed by atoms with Gasteiger partial charge in [-0.1, -0.05) is 17.7 Å². The van der Waals surface area contributed by atoms with Gasteiger partial charge in [0.1, 0.15) is 5.69 Å². The third kappa shape index (κ3) is 3.05. The number of aromatic nitrogens is 3. The van der Waals surface area contributed by atoms with Crippen molar-refractivity contribution in [3.05, 3.63) is 58.3 Å². The Hall–Kier alpha value is -2.40. The number of rotatable bonds is 4. The molecule has 6 heteroatoms. The van der Waals surface area contributed by atoms with Crippen molar-refractivity contribution < 1.29 is 4.79 Å². The number of hydrogen-bond donors (Lipinski definition) is 2. The molecule has 118 valence electrons. The molecule has 0 aliphatic carbocycles. The molecule has 0 fully saturated rings. The van der Waals surface area contributed by atoms with E-state index >= 15 is 0 Å². The number of aromatic amines is 1. The van der Waals surface area contributed by atoms with E-state index in [1.54, 1.807) is 0 Å². The summed E-state index contributed by atoms with van der Waals surface area (Å²) in [6.45, 7) is 4.58. The Balaban J connectivity index is 1.76. The first kappa shape index (κ1) is 15.5. The van der Waals surface area contributed by atoms with Gasteiger partial charge in [0.2, 0.25) is 0 Å². The molecule has 1 amide bonds. The monoisotopic (exact) mass is 328 g/mol. The van der Waals surface area contributed by atoms with Crippen LogP contribution >= 0.6 is 11.6 Å². The number of halogens is 1. The van der Waals surface area contributed by atoms with Crippen molar-refractivity contribution in [2.75, 3.05) is 6.54 Å². The van der Waals surface area contributed by atoms with E-state index in [4.69, 9.17) is 11.6 Å². The standard InChI is InChI=1S/C17H17ClN4O/c1-10-3-4-13(18)15-12(11(2)22-16(10)15)5-6-21-17(23)14-9-19-7-8-20-14/h3-4,7-9,22H,5-6H2,1-2H3,(H,21,23). The van der Waals surface area contributed by atoms with Gasteiger partial charge in [-0.05, 0) is 37.5 Å². The van der Waals surface area contributed by atoms with Gasteiger partial charge in [0.25, 0.3) is 5.91 Å². The SMILES string of the molecule is Cc1[nH]c2c(C)ccc(Cl)c2c1CCNC(=O)c1cnccn1. The second kappa shape index (κ2) is 6.38. The van der Waals surface area contributed by atoms with Gasteiger partial charge >= 0.3 is 0 Å². The lowest BCUT2D eigenvalue weighted by molar-refractivity contribution is 0.0948. The molecule has 2 N–H and O–H groups in total. The second-order valence-electron chi connectivity index (χ2n) is 5.44. The van der Waals surface area contributed by atoms with Gasteiger partial charge in [-0.3, -0.25) is 9.78 Å². The Bertz CT molecular complexity index is 858. The van der Waals surface area contributed by atoms with Crippen LogP contribution in [0.1, 0.15) is 27.3 Å². The number of fused-ring (bicyclic) bond motifs is 1. The lowest BCUT2D eigenvalue weighted by Gasteiger charge is -2.06. The largest absolute Gasteiger partial charge is 0.358 e. The molecule has 0 saturated heterocycles. The highest BCUT2D eigenvalue weighted by Gasteiger charge is 2.14. The third-order valence-corrected chi connectivity index (χ3v) is 4.20. The normalized spacial score (nSPS) is 10.9. The van der Waals surface area contributed by atoms with Crippen molar-refractivity contribution in [3.63, 3.8) is 0 Å². The maximum absolute atomic E-state index is 12.0. The van der Waals surface area contributed by atoms with Crippen molar-refractivity contribution in [1.82, 2.24) is 20.3 Å². The maximum Gasteiger partial charge on any atom is 0.271 e. The Kier molecular flexibility index (Phi) is 4.30. The quantitative estimate of drug-likeness (QED) is 0.772. The zero-order chi connectivity index (χ0) is 16.4. The maximum atomic E-state index is 12.0. The first-order valence-corrected chi connectivity index (χ1v) is 7.76. The van der Waals surface area contributed by atoms with Crippen molar-refractivity contribution in [2.45, 2.75) is 20.3 Å². The molecule has 3 aromatic rings. The highest BCUT2D eigenvalue weighted by Crippen LogP contribution is 2.31. The van der Waals surface area contributed by atoms with Crippen LogP contribution in [0, 0.1) is 13.8 Å². The molecule has 2 aromatic heterocycles. The predicted molar refractivity (Wildman–Crippen MR) is 90.9 cm³/mol. The average Bonchev–Trinajstić information content (AvgIpc) is 2.90. The van der Waals surface area contributed by atoms with Crippen molar-refractivity contribution in [3.8, 4) is 0 Å². The van der Waals surface area contributed by atoms with Crippen molar-refractivity contribution in [1.29, 1.82) is 0 Å². The fraction of sp³-hybridized carbons (Fsp3) is 0.235. The number of H-pyrrole nitrogens is 1. The minimum atomic E-state index is -0.224. The Morgan fingerprint density at radius 3 is 2.87 bits per heavy atom. The van der Waals surface area contributed by atoms with Crippen LogP contribution in [0.15, 0.2) is 30.7 Å². The van der Waals surface area contributed by atoms with Gasteiger partial charge in [-0.25, -0.2) is 4.98 Å². The molecule has 0 aliphatic heterocycles.